The second-order valence-corrected chi connectivity index (χ2v) is 6.19. The SMILES string of the molecule is CCOC(=O)c1cn(-c2ccc(Cl)cc2Cl)c2cc(F)c(F)cc2c1=O. The molecule has 0 unspecified atom stereocenters. The van der Waals surface area contributed by atoms with Crippen molar-refractivity contribution in [3.05, 3.63) is 74.0 Å². The molecule has 1 aromatic heterocycles. The monoisotopic (exact) mass is 397 g/mol. The van der Waals surface area contributed by atoms with Crippen LogP contribution in [0.15, 0.2) is 41.3 Å². The molecule has 3 aromatic rings. The molecular formula is C18H11Cl2F2NO3. The Balaban J connectivity index is 2.43. The molecular weight excluding hydrogens is 387 g/mol. The summed E-state index contributed by atoms with van der Waals surface area (Å²) in [6.07, 6.45) is 1.19. The number of rotatable bonds is 3. The van der Waals surface area contributed by atoms with Gasteiger partial charge < -0.3 is 9.30 Å². The fourth-order valence-electron chi connectivity index (χ4n) is 2.55. The lowest BCUT2D eigenvalue weighted by atomic mass is 10.1. The van der Waals surface area contributed by atoms with Crippen LogP contribution in [0.2, 0.25) is 10.0 Å². The summed E-state index contributed by atoms with van der Waals surface area (Å²) >= 11 is 12.1. The molecule has 3 rings (SSSR count). The maximum Gasteiger partial charge on any atom is 0.343 e. The van der Waals surface area contributed by atoms with Crippen molar-refractivity contribution in [1.29, 1.82) is 0 Å². The fraction of sp³-hybridized carbons (Fsp3) is 0.111. The van der Waals surface area contributed by atoms with Crippen LogP contribution < -0.4 is 5.43 Å². The van der Waals surface area contributed by atoms with Crippen LogP contribution in [0, 0.1) is 11.6 Å². The van der Waals surface area contributed by atoms with Crippen molar-refractivity contribution < 1.29 is 18.3 Å². The van der Waals surface area contributed by atoms with Gasteiger partial charge in [-0.2, -0.15) is 0 Å². The molecule has 0 bridgehead atoms. The molecule has 0 saturated carbocycles. The zero-order valence-corrected chi connectivity index (χ0v) is 14.9. The molecule has 0 aliphatic heterocycles. The van der Waals surface area contributed by atoms with Crippen molar-refractivity contribution in [1.82, 2.24) is 4.57 Å². The van der Waals surface area contributed by atoms with Gasteiger partial charge in [0.15, 0.2) is 11.6 Å². The summed E-state index contributed by atoms with van der Waals surface area (Å²) in [5, 5.41) is 0.384. The zero-order chi connectivity index (χ0) is 19.0. The van der Waals surface area contributed by atoms with E-state index in [0.717, 1.165) is 12.1 Å². The molecule has 0 aliphatic rings. The average Bonchev–Trinajstić information content (AvgIpc) is 2.58. The Morgan fingerprint density at radius 3 is 2.50 bits per heavy atom. The number of carbonyl (C=O) groups is 1. The first-order valence-corrected chi connectivity index (χ1v) is 8.26. The number of nitrogens with zero attached hydrogens (tertiary/aromatic N) is 1. The lowest BCUT2D eigenvalue weighted by Gasteiger charge is -2.15. The maximum absolute atomic E-state index is 13.8. The maximum atomic E-state index is 13.8. The van der Waals surface area contributed by atoms with E-state index in [1.807, 2.05) is 0 Å². The van der Waals surface area contributed by atoms with Gasteiger partial charge in [-0.25, -0.2) is 13.6 Å². The summed E-state index contributed by atoms with van der Waals surface area (Å²) < 4.78 is 33.7. The van der Waals surface area contributed by atoms with Gasteiger partial charge in [0.25, 0.3) is 0 Å². The van der Waals surface area contributed by atoms with E-state index in [9.17, 15) is 18.4 Å². The molecule has 134 valence electrons. The van der Waals surface area contributed by atoms with Crippen molar-refractivity contribution in [3.63, 3.8) is 0 Å². The van der Waals surface area contributed by atoms with Crippen LogP contribution in [0.25, 0.3) is 16.6 Å². The molecule has 0 radical (unpaired) electrons. The third kappa shape index (κ3) is 3.18. The molecule has 4 nitrogen and oxygen atoms in total. The molecule has 0 spiro atoms. The minimum absolute atomic E-state index is 0.0474. The Hall–Kier alpha value is -2.44. The third-order valence-corrected chi connectivity index (χ3v) is 4.25. The van der Waals surface area contributed by atoms with Gasteiger partial charge in [-0.3, -0.25) is 4.79 Å². The zero-order valence-electron chi connectivity index (χ0n) is 13.4. The van der Waals surface area contributed by atoms with E-state index < -0.39 is 23.0 Å². The van der Waals surface area contributed by atoms with Crippen LogP contribution in [0.3, 0.4) is 0 Å². The van der Waals surface area contributed by atoms with Crippen LogP contribution in [-0.2, 0) is 4.74 Å². The standard InChI is InChI=1S/C18H11Cl2F2NO3/c1-2-26-18(25)11-8-23(15-4-3-9(19)5-12(15)20)16-7-14(22)13(21)6-10(16)17(11)24/h3-8H,2H2,1H3. The predicted octanol–water partition coefficient (Wildman–Crippen LogP) is 4.75. The normalized spacial score (nSPS) is 11.0. The van der Waals surface area contributed by atoms with Crippen molar-refractivity contribution in [2.75, 3.05) is 6.61 Å². The minimum atomic E-state index is -1.20. The van der Waals surface area contributed by atoms with Gasteiger partial charge in [0.1, 0.15) is 5.56 Å². The molecule has 8 heteroatoms. The van der Waals surface area contributed by atoms with Crippen molar-refractivity contribution >= 4 is 40.1 Å². The first-order chi connectivity index (χ1) is 12.3. The van der Waals surface area contributed by atoms with Gasteiger partial charge >= 0.3 is 5.97 Å². The topological polar surface area (TPSA) is 48.3 Å². The smallest absolute Gasteiger partial charge is 0.343 e. The first kappa shape index (κ1) is 18.4. The van der Waals surface area contributed by atoms with Crippen molar-refractivity contribution in [3.8, 4) is 5.69 Å². The number of hydrogen-bond acceptors (Lipinski definition) is 3. The van der Waals surface area contributed by atoms with Crippen LogP contribution >= 0.6 is 23.2 Å². The summed E-state index contributed by atoms with van der Waals surface area (Å²) in [6.45, 7) is 1.64. The Bertz CT molecular complexity index is 1100. The van der Waals surface area contributed by atoms with Gasteiger partial charge in [0.05, 0.1) is 28.2 Å². The molecule has 0 aliphatic carbocycles. The number of pyridine rings is 1. The Kier molecular flexibility index (Phi) is 4.98. The van der Waals surface area contributed by atoms with E-state index in [4.69, 9.17) is 27.9 Å². The van der Waals surface area contributed by atoms with E-state index >= 15 is 0 Å². The van der Waals surface area contributed by atoms with Gasteiger partial charge in [-0.15, -0.1) is 0 Å². The number of carbonyl (C=O) groups excluding carboxylic acids is 1. The van der Waals surface area contributed by atoms with Crippen LogP contribution in [0.4, 0.5) is 8.78 Å². The van der Waals surface area contributed by atoms with Crippen molar-refractivity contribution in [2.24, 2.45) is 0 Å². The van der Waals surface area contributed by atoms with Gasteiger partial charge in [0, 0.05) is 17.3 Å². The number of esters is 1. The second kappa shape index (κ2) is 7.05. The van der Waals surface area contributed by atoms with E-state index in [2.05, 4.69) is 0 Å². The first-order valence-electron chi connectivity index (χ1n) is 7.50. The molecule has 1 heterocycles. The lowest BCUT2D eigenvalue weighted by Crippen LogP contribution is -2.21. The highest BCUT2D eigenvalue weighted by Gasteiger charge is 2.20. The molecule has 2 aromatic carbocycles. The summed E-state index contributed by atoms with van der Waals surface area (Å²) in [5.41, 5.74) is -0.709. The average molecular weight is 398 g/mol. The summed E-state index contributed by atoms with van der Waals surface area (Å²) in [5.74, 6) is -3.22. The van der Waals surface area contributed by atoms with Gasteiger partial charge in [0.2, 0.25) is 5.43 Å². The molecule has 0 fully saturated rings. The van der Waals surface area contributed by atoms with E-state index in [1.54, 1.807) is 6.92 Å². The van der Waals surface area contributed by atoms with Crippen molar-refractivity contribution in [2.45, 2.75) is 6.92 Å². The lowest BCUT2D eigenvalue weighted by molar-refractivity contribution is 0.0524. The van der Waals surface area contributed by atoms with E-state index in [1.165, 1.54) is 29.0 Å². The molecule has 0 saturated heterocycles. The van der Waals surface area contributed by atoms with E-state index in [0.29, 0.717) is 10.7 Å². The van der Waals surface area contributed by atoms with Crippen LogP contribution in [-0.4, -0.2) is 17.1 Å². The number of halogens is 4. The quantitative estimate of drug-likeness (QED) is 0.599. The van der Waals surface area contributed by atoms with Crippen LogP contribution in [0.5, 0.6) is 0 Å². The molecule has 0 N–H and O–H groups in total. The number of aromatic nitrogens is 1. The Labute approximate surface area is 156 Å². The number of benzene rings is 2. The summed E-state index contributed by atoms with van der Waals surface area (Å²) in [4.78, 5) is 24.7. The summed E-state index contributed by atoms with van der Waals surface area (Å²) in [6, 6.07) is 6.13. The number of fused-ring (bicyclic) bond motifs is 1. The Morgan fingerprint density at radius 2 is 1.85 bits per heavy atom. The molecule has 26 heavy (non-hydrogen) atoms. The summed E-state index contributed by atoms with van der Waals surface area (Å²) in [7, 11) is 0. The van der Waals surface area contributed by atoms with E-state index in [-0.39, 0.29) is 28.1 Å². The molecule has 0 amide bonds. The van der Waals surface area contributed by atoms with Gasteiger partial charge in [-0.05, 0) is 31.2 Å². The number of ether oxygens (including phenoxy) is 1. The third-order valence-electron chi connectivity index (χ3n) is 3.71. The number of hydrogen-bond donors (Lipinski definition) is 0. The highest BCUT2D eigenvalue weighted by molar-refractivity contribution is 6.35. The Morgan fingerprint density at radius 1 is 1.15 bits per heavy atom. The van der Waals surface area contributed by atoms with Gasteiger partial charge in [-0.1, -0.05) is 23.2 Å². The predicted molar refractivity (Wildman–Crippen MR) is 95.4 cm³/mol. The highest BCUT2D eigenvalue weighted by atomic mass is 35.5. The fourth-order valence-corrected chi connectivity index (χ4v) is 3.05. The highest BCUT2D eigenvalue weighted by Crippen LogP contribution is 2.28. The molecule has 0 atom stereocenters. The largest absolute Gasteiger partial charge is 0.462 e. The van der Waals surface area contributed by atoms with Crippen LogP contribution in [0.1, 0.15) is 17.3 Å². The minimum Gasteiger partial charge on any atom is -0.462 e. The second-order valence-electron chi connectivity index (χ2n) is 5.34.